The van der Waals surface area contributed by atoms with Crippen molar-refractivity contribution in [3.8, 4) is 0 Å². The van der Waals surface area contributed by atoms with Gasteiger partial charge in [-0.3, -0.25) is 9.69 Å². The SMILES string of the molecule is O=C(c1ccccc1)N1CCN(Cc2ccccc2)CC1c1nc2ccccc2[nH]1. The van der Waals surface area contributed by atoms with Gasteiger partial charge in [-0.2, -0.15) is 0 Å². The Bertz CT molecular complexity index is 1110. The Morgan fingerprint density at radius 3 is 2.37 bits per heavy atom. The number of carbonyl (C=O) groups is 1. The summed E-state index contributed by atoms with van der Waals surface area (Å²) < 4.78 is 0. The van der Waals surface area contributed by atoms with Crippen LogP contribution < -0.4 is 0 Å². The Kier molecular flexibility index (Phi) is 5.03. The maximum Gasteiger partial charge on any atom is 0.254 e. The van der Waals surface area contributed by atoms with E-state index in [0.717, 1.165) is 42.1 Å². The van der Waals surface area contributed by atoms with Gasteiger partial charge in [0.1, 0.15) is 11.9 Å². The molecule has 1 aliphatic rings. The van der Waals surface area contributed by atoms with Crippen molar-refractivity contribution >= 4 is 16.9 Å². The normalized spacial score (nSPS) is 17.3. The molecule has 0 bridgehead atoms. The number of nitrogens with zero attached hydrogens (tertiary/aromatic N) is 3. The Morgan fingerprint density at radius 2 is 1.60 bits per heavy atom. The van der Waals surface area contributed by atoms with Gasteiger partial charge in [-0.1, -0.05) is 60.7 Å². The van der Waals surface area contributed by atoms with Crippen LogP contribution >= 0.6 is 0 Å². The summed E-state index contributed by atoms with van der Waals surface area (Å²) in [5.41, 5.74) is 3.93. The Labute approximate surface area is 176 Å². The van der Waals surface area contributed by atoms with Crippen LogP contribution in [0.25, 0.3) is 11.0 Å². The van der Waals surface area contributed by atoms with E-state index >= 15 is 0 Å². The average molecular weight is 396 g/mol. The molecule has 0 spiro atoms. The number of hydrogen-bond acceptors (Lipinski definition) is 3. The lowest BCUT2D eigenvalue weighted by molar-refractivity contribution is 0.0418. The summed E-state index contributed by atoms with van der Waals surface area (Å²) in [4.78, 5) is 26.0. The summed E-state index contributed by atoms with van der Waals surface area (Å²) >= 11 is 0. The summed E-state index contributed by atoms with van der Waals surface area (Å²) in [5, 5.41) is 0. The summed E-state index contributed by atoms with van der Waals surface area (Å²) in [6, 6.07) is 27.9. The van der Waals surface area contributed by atoms with Gasteiger partial charge in [-0.05, 0) is 29.8 Å². The molecule has 0 radical (unpaired) electrons. The van der Waals surface area contributed by atoms with E-state index in [2.05, 4.69) is 34.1 Å². The van der Waals surface area contributed by atoms with Gasteiger partial charge in [-0.25, -0.2) is 4.98 Å². The van der Waals surface area contributed by atoms with Crippen LogP contribution in [0.2, 0.25) is 0 Å². The standard InChI is InChI=1S/C25H24N4O/c30-25(20-11-5-2-6-12-20)29-16-15-28(17-19-9-3-1-4-10-19)18-23(29)24-26-21-13-7-8-14-22(21)27-24/h1-14,23H,15-18H2,(H,26,27). The fraction of sp³-hybridized carbons (Fsp3) is 0.200. The molecular formula is C25H24N4O. The van der Waals surface area contributed by atoms with E-state index in [1.165, 1.54) is 5.56 Å². The fourth-order valence-corrected chi connectivity index (χ4v) is 4.18. The molecule has 1 aromatic heterocycles. The van der Waals surface area contributed by atoms with E-state index in [0.29, 0.717) is 6.54 Å². The number of H-pyrrole nitrogens is 1. The molecule has 1 amide bonds. The number of para-hydroxylation sites is 2. The first-order valence-electron chi connectivity index (χ1n) is 10.3. The van der Waals surface area contributed by atoms with Gasteiger partial charge in [0.25, 0.3) is 5.91 Å². The highest BCUT2D eigenvalue weighted by Crippen LogP contribution is 2.28. The number of piperazine rings is 1. The number of aromatic nitrogens is 2. The maximum absolute atomic E-state index is 13.3. The fourth-order valence-electron chi connectivity index (χ4n) is 4.18. The topological polar surface area (TPSA) is 52.2 Å². The summed E-state index contributed by atoms with van der Waals surface area (Å²) in [6.07, 6.45) is 0. The summed E-state index contributed by atoms with van der Waals surface area (Å²) in [5.74, 6) is 0.902. The van der Waals surface area contributed by atoms with Gasteiger partial charge >= 0.3 is 0 Å². The van der Waals surface area contributed by atoms with Crippen molar-refractivity contribution in [1.29, 1.82) is 0 Å². The first-order valence-corrected chi connectivity index (χ1v) is 10.3. The molecule has 2 heterocycles. The molecule has 1 saturated heterocycles. The predicted molar refractivity (Wildman–Crippen MR) is 118 cm³/mol. The van der Waals surface area contributed by atoms with Crippen molar-refractivity contribution < 1.29 is 4.79 Å². The molecule has 1 N–H and O–H groups in total. The van der Waals surface area contributed by atoms with E-state index < -0.39 is 0 Å². The second kappa shape index (κ2) is 8.13. The first kappa shape index (κ1) is 18.6. The third kappa shape index (κ3) is 3.72. The largest absolute Gasteiger partial charge is 0.340 e. The monoisotopic (exact) mass is 396 g/mol. The van der Waals surface area contributed by atoms with Crippen molar-refractivity contribution in [1.82, 2.24) is 19.8 Å². The molecule has 5 rings (SSSR count). The van der Waals surface area contributed by atoms with Gasteiger partial charge in [0.05, 0.1) is 11.0 Å². The molecule has 150 valence electrons. The van der Waals surface area contributed by atoms with Crippen molar-refractivity contribution in [2.45, 2.75) is 12.6 Å². The lowest BCUT2D eigenvalue weighted by Gasteiger charge is -2.40. The number of amides is 1. The molecule has 1 unspecified atom stereocenters. The van der Waals surface area contributed by atoms with E-state index in [4.69, 9.17) is 4.98 Å². The minimum Gasteiger partial charge on any atom is -0.340 e. The Morgan fingerprint density at radius 1 is 0.900 bits per heavy atom. The van der Waals surface area contributed by atoms with Crippen LogP contribution in [0.15, 0.2) is 84.9 Å². The number of rotatable bonds is 4. The Hall–Kier alpha value is -3.44. The number of fused-ring (bicyclic) bond motifs is 1. The molecule has 3 aromatic carbocycles. The highest BCUT2D eigenvalue weighted by atomic mass is 16.2. The average Bonchev–Trinajstić information content (AvgIpc) is 3.24. The summed E-state index contributed by atoms with van der Waals surface area (Å²) in [7, 11) is 0. The van der Waals surface area contributed by atoms with E-state index in [1.807, 2.05) is 65.6 Å². The van der Waals surface area contributed by atoms with Crippen LogP contribution in [0.4, 0.5) is 0 Å². The zero-order valence-electron chi connectivity index (χ0n) is 16.7. The van der Waals surface area contributed by atoms with Crippen molar-refractivity contribution in [2.24, 2.45) is 0 Å². The third-order valence-electron chi connectivity index (χ3n) is 5.72. The van der Waals surface area contributed by atoms with Crippen LogP contribution in [0.3, 0.4) is 0 Å². The van der Waals surface area contributed by atoms with Gasteiger partial charge in [0, 0.05) is 31.7 Å². The van der Waals surface area contributed by atoms with Crippen molar-refractivity contribution in [3.63, 3.8) is 0 Å². The number of imidazole rings is 1. The second-order valence-corrected chi connectivity index (χ2v) is 7.74. The maximum atomic E-state index is 13.3. The molecule has 0 aliphatic carbocycles. The molecule has 5 nitrogen and oxygen atoms in total. The minimum absolute atomic E-state index is 0.0559. The molecule has 1 fully saturated rings. The van der Waals surface area contributed by atoms with Crippen molar-refractivity contribution in [3.05, 3.63) is 102 Å². The van der Waals surface area contributed by atoms with Crippen LogP contribution in [0.5, 0.6) is 0 Å². The molecule has 1 atom stereocenters. The van der Waals surface area contributed by atoms with Gasteiger partial charge < -0.3 is 9.88 Å². The molecule has 5 heteroatoms. The van der Waals surface area contributed by atoms with E-state index in [1.54, 1.807) is 0 Å². The smallest absolute Gasteiger partial charge is 0.254 e. The number of nitrogens with one attached hydrogen (secondary N) is 1. The quantitative estimate of drug-likeness (QED) is 0.561. The van der Waals surface area contributed by atoms with Crippen LogP contribution in [0.1, 0.15) is 27.8 Å². The van der Waals surface area contributed by atoms with E-state index in [-0.39, 0.29) is 11.9 Å². The minimum atomic E-state index is -0.123. The molecular weight excluding hydrogens is 372 g/mol. The molecule has 4 aromatic rings. The summed E-state index contributed by atoms with van der Waals surface area (Å²) in [6.45, 7) is 3.12. The van der Waals surface area contributed by atoms with Gasteiger partial charge in [0.15, 0.2) is 0 Å². The van der Waals surface area contributed by atoms with Gasteiger partial charge in [0.2, 0.25) is 0 Å². The highest BCUT2D eigenvalue weighted by Gasteiger charge is 2.34. The van der Waals surface area contributed by atoms with Gasteiger partial charge in [-0.15, -0.1) is 0 Å². The lowest BCUT2D eigenvalue weighted by atomic mass is 10.1. The number of carbonyl (C=O) groups excluding carboxylic acids is 1. The lowest BCUT2D eigenvalue weighted by Crippen LogP contribution is -2.50. The Balaban J connectivity index is 1.46. The van der Waals surface area contributed by atoms with Crippen LogP contribution in [0, 0.1) is 0 Å². The predicted octanol–water partition coefficient (Wildman–Crippen LogP) is 4.26. The molecule has 0 saturated carbocycles. The van der Waals surface area contributed by atoms with Crippen LogP contribution in [-0.4, -0.2) is 45.3 Å². The number of benzene rings is 3. The van der Waals surface area contributed by atoms with Crippen molar-refractivity contribution in [2.75, 3.05) is 19.6 Å². The number of hydrogen-bond donors (Lipinski definition) is 1. The highest BCUT2D eigenvalue weighted by molar-refractivity contribution is 5.94. The zero-order chi connectivity index (χ0) is 20.3. The van der Waals surface area contributed by atoms with Crippen LogP contribution in [-0.2, 0) is 6.54 Å². The molecule has 30 heavy (non-hydrogen) atoms. The third-order valence-corrected chi connectivity index (χ3v) is 5.72. The van der Waals surface area contributed by atoms with E-state index in [9.17, 15) is 4.79 Å². The number of aromatic amines is 1. The molecule has 1 aliphatic heterocycles. The zero-order valence-corrected chi connectivity index (χ0v) is 16.7. The second-order valence-electron chi connectivity index (χ2n) is 7.74. The first-order chi connectivity index (χ1) is 14.8.